The summed E-state index contributed by atoms with van der Waals surface area (Å²) in [6, 6.07) is 9.38. The molecule has 2 rings (SSSR count). The van der Waals surface area contributed by atoms with Crippen molar-refractivity contribution < 1.29 is 4.79 Å². The van der Waals surface area contributed by atoms with Gasteiger partial charge in [-0.25, -0.2) is 5.43 Å². The van der Waals surface area contributed by atoms with Gasteiger partial charge in [-0.2, -0.15) is 10.3 Å². The molecule has 1 amide bonds. The highest BCUT2D eigenvalue weighted by Crippen LogP contribution is 1.93. The van der Waals surface area contributed by atoms with E-state index < -0.39 is 5.91 Å². The second-order valence-electron chi connectivity index (χ2n) is 2.85. The zero-order valence-corrected chi connectivity index (χ0v) is 8.16. The number of rotatable bonds is 3. The van der Waals surface area contributed by atoms with E-state index in [-0.39, 0.29) is 5.82 Å². The summed E-state index contributed by atoms with van der Waals surface area (Å²) in [5.74, 6) is -0.564. The van der Waals surface area contributed by atoms with Crippen LogP contribution in [0.3, 0.4) is 0 Å². The third kappa shape index (κ3) is 2.47. The van der Waals surface area contributed by atoms with E-state index in [1.807, 2.05) is 30.3 Å². The van der Waals surface area contributed by atoms with E-state index in [1.54, 1.807) is 0 Å². The Bertz CT molecular complexity index is 478. The van der Waals surface area contributed by atoms with E-state index in [9.17, 15) is 4.79 Å². The number of H-pyrrole nitrogens is 1. The van der Waals surface area contributed by atoms with Gasteiger partial charge >= 0.3 is 5.91 Å². The molecule has 2 aromatic rings. The number of aromatic amines is 1. The number of aromatic nitrogens is 4. The Morgan fingerprint density at radius 1 is 1.38 bits per heavy atom. The third-order valence-corrected chi connectivity index (χ3v) is 1.73. The molecule has 0 unspecified atom stereocenters. The van der Waals surface area contributed by atoms with Crippen LogP contribution in [0.25, 0.3) is 0 Å². The lowest BCUT2D eigenvalue weighted by Crippen LogP contribution is -2.19. The quantitative estimate of drug-likeness (QED) is 0.556. The van der Waals surface area contributed by atoms with Gasteiger partial charge in [0.1, 0.15) is 0 Å². The topological polar surface area (TPSA) is 95.9 Å². The lowest BCUT2D eigenvalue weighted by Gasteiger charge is -1.93. The number of carbonyl (C=O) groups excluding carboxylic acids is 1. The van der Waals surface area contributed by atoms with E-state index >= 15 is 0 Å². The number of hydrogen-bond donors (Lipinski definition) is 2. The molecule has 0 aliphatic rings. The number of carbonyl (C=O) groups is 1. The Labute approximate surface area is 90.6 Å². The van der Waals surface area contributed by atoms with E-state index in [0.29, 0.717) is 0 Å². The molecule has 7 heteroatoms. The van der Waals surface area contributed by atoms with Gasteiger partial charge in [0.15, 0.2) is 0 Å². The van der Waals surface area contributed by atoms with Crippen LogP contribution in [-0.2, 0) is 0 Å². The molecule has 0 radical (unpaired) electrons. The molecule has 2 N–H and O–H groups in total. The Morgan fingerprint density at radius 3 is 2.88 bits per heavy atom. The molecule has 80 valence electrons. The van der Waals surface area contributed by atoms with Crippen LogP contribution in [0.15, 0.2) is 35.4 Å². The van der Waals surface area contributed by atoms with Crippen LogP contribution in [0.2, 0.25) is 0 Å². The summed E-state index contributed by atoms with van der Waals surface area (Å²) in [7, 11) is 0. The van der Waals surface area contributed by atoms with Crippen LogP contribution >= 0.6 is 0 Å². The average Bonchev–Trinajstić information content (AvgIpc) is 2.84. The molecule has 0 bridgehead atoms. The van der Waals surface area contributed by atoms with Crippen LogP contribution in [-0.4, -0.2) is 32.7 Å². The zero-order chi connectivity index (χ0) is 11.2. The molecule has 1 heterocycles. The van der Waals surface area contributed by atoms with Gasteiger partial charge in [0.2, 0.25) is 0 Å². The minimum atomic E-state index is -0.513. The van der Waals surface area contributed by atoms with Gasteiger partial charge < -0.3 is 0 Å². The molecular formula is C9H8N6O. The fourth-order valence-corrected chi connectivity index (χ4v) is 1.01. The fourth-order valence-electron chi connectivity index (χ4n) is 1.01. The molecule has 0 fully saturated rings. The van der Waals surface area contributed by atoms with Gasteiger partial charge in [-0.1, -0.05) is 30.3 Å². The Morgan fingerprint density at radius 2 is 2.19 bits per heavy atom. The van der Waals surface area contributed by atoms with Crippen molar-refractivity contribution in [3.8, 4) is 0 Å². The minimum absolute atomic E-state index is 0.0507. The van der Waals surface area contributed by atoms with Crippen molar-refractivity contribution in [1.82, 2.24) is 26.0 Å². The number of amides is 1. The van der Waals surface area contributed by atoms with Gasteiger partial charge in [-0.05, 0) is 10.8 Å². The highest BCUT2D eigenvalue weighted by Gasteiger charge is 2.08. The van der Waals surface area contributed by atoms with Gasteiger partial charge in [0.25, 0.3) is 5.82 Å². The molecule has 0 spiro atoms. The molecule has 1 aromatic heterocycles. The number of nitrogens with zero attached hydrogens (tertiary/aromatic N) is 4. The van der Waals surface area contributed by atoms with Crippen molar-refractivity contribution in [2.75, 3.05) is 0 Å². The highest BCUT2D eigenvalue weighted by molar-refractivity contribution is 5.91. The molecule has 16 heavy (non-hydrogen) atoms. The van der Waals surface area contributed by atoms with E-state index in [2.05, 4.69) is 31.2 Å². The van der Waals surface area contributed by atoms with Crippen molar-refractivity contribution in [2.45, 2.75) is 0 Å². The summed E-state index contributed by atoms with van der Waals surface area (Å²) in [6.07, 6.45) is 1.53. The maximum atomic E-state index is 11.3. The third-order valence-electron chi connectivity index (χ3n) is 1.73. The average molecular weight is 216 g/mol. The predicted molar refractivity (Wildman–Crippen MR) is 55.7 cm³/mol. The molecule has 1 aromatic carbocycles. The van der Waals surface area contributed by atoms with Crippen LogP contribution in [0.5, 0.6) is 0 Å². The number of hydrogen-bond acceptors (Lipinski definition) is 5. The highest BCUT2D eigenvalue weighted by atomic mass is 16.2. The lowest BCUT2D eigenvalue weighted by molar-refractivity contribution is 0.0945. The maximum absolute atomic E-state index is 11.3. The normalized spacial score (nSPS) is 10.5. The number of benzene rings is 1. The van der Waals surface area contributed by atoms with Crippen LogP contribution in [0, 0.1) is 0 Å². The predicted octanol–water partition coefficient (Wildman–Crippen LogP) is -0.0364. The maximum Gasteiger partial charge on any atom is 0.312 e. The summed E-state index contributed by atoms with van der Waals surface area (Å²) < 4.78 is 0. The first-order valence-electron chi connectivity index (χ1n) is 4.48. The molecule has 0 atom stereocenters. The van der Waals surface area contributed by atoms with Gasteiger partial charge in [-0.3, -0.25) is 4.79 Å². The second kappa shape index (κ2) is 4.78. The summed E-state index contributed by atoms with van der Waals surface area (Å²) in [4.78, 5) is 11.3. The zero-order valence-electron chi connectivity index (χ0n) is 8.16. The largest absolute Gasteiger partial charge is 0.312 e. The summed E-state index contributed by atoms with van der Waals surface area (Å²) in [5.41, 5.74) is 3.16. The SMILES string of the molecule is O=C(N/N=C\c1ccccc1)c1nn[nH]n1. The molecule has 0 aliphatic heterocycles. The van der Waals surface area contributed by atoms with Gasteiger partial charge in [0, 0.05) is 0 Å². The fraction of sp³-hybridized carbons (Fsp3) is 0. The number of nitrogens with one attached hydrogen (secondary N) is 2. The van der Waals surface area contributed by atoms with Crippen molar-refractivity contribution in [3.05, 3.63) is 41.7 Å². The molecule has 7 nitrogen and oxygen atoms in total. The summed E-state index contributed by atoms with van der Waals surface area (Å²) in [5, 5.41) is 16.2. The Balaban J connectivity index is 1.93. The van der Waals surface area contributed by atoms with Crippen molar-refractivity contribution in [3.63, 3.8) is 0 Å². The molecular weight excluding hydrogens is 208 g/mol. The summed E-state index contributed by atoms with van der Waals surface area (Å²) in [6.45, 7) is 0. The van der Waals surface area contributed by atoms with Gasteiger partial charge in [0.05, 0.1) is 6.21 Å². The van der Waals surface area contributed by atoms with E-state index in [1.165, 1.54) is 6.21 Å². The monoisotopic (exact) mass is 216 g/mol. The van der Waals surface area contributed by atoms with Crippen molar-refractivity contribution in [1.29, 1.82) is 0 Å². The van der Waals surface area contributed by atoms with Crippen molar-refractivity contribution >= 4 is 12.1 Å². The van der Waals surface area contributed by atoms with Crippen LogP contribution < -0.4 is 5.43 Å². The molecule has 0 saturated carbocycles. The minimum Gasteiger partial charge on any atom is -0.264 e. The first-order valence-corrected chi connectivity index (χ1v) is 4.48. The van der Waals surface area contributed by atoms with Gasteiger partial charge in [-0.15, -0.1) is 10.2 Å². The first kappa shape index (κ1) is 9.97. The Kier molecular flexibility index (Phi) is 2.98. The van der Waals surface area contributed by atoms with Crippen LogP contribution in [0.1, 0.15) is 16.2 Å². The first-order chi connectivity index (χ1) is 7.86. The van der Waals surface area contributed by atoms with E-state index in [4.69, 9.17) is 0 Å². The number of hydrazone groups is 1. The smallest absolute Gasteiger partial charge is 0.264 e. The molecule has 0 saturated heterocycles. The van der Waals surface area contributed by atoms with E-state index in [0.717, 1.165) is 5.56 Å². The standard InChI is InChI=1S/C9H8N6O/c16-9(8-11-14-15-12-8)13-10-6-7-4-2-1-3-5-7/h1-6H,(H,13,16)(H,11,12,14,15)/b10-6-. The van der Waals surface area contributed by atoms with Crippen molar-refractivity contribution in [2.24, 2.45) is 5.10 Å². The second-order valence-corrected chi connectivity index (χ2v) is 2.85. The van der Waals surface area contributed by atoms with Crippen LogP contribution in [0.4, 0.5) is 0 Å². The summed E-state index contributed by atoms with van der Waals surface area (Å²) >= 11 is 0. The molecule has 0 aliphatic carbocycles. The Hall–Kier alpha value is -2.57. The number of tetrazole rings is 1. The lowest BCUT2D eigenvalue weighted by atomic mass is 10.2.